The first kappa shape index (κ1) is 20.0. The average Bonchev–Trinajstić information content (AvgIpc) is 3.03. The minimum absolute atomic E-state index is 0.0526. The Kier molecular flexibility index (Phi) is 5.54. The summed E-state index contributed by atoms with van der Waals surface area (Å²) in [4.78, 5) is 30.0. The van der Waals surface area contributed by atoms with Crippen LogP contribution in [0.1, 0.15) is 69.6 Å². The van der Waals surface area contributed by atoms with Gasteiger partial charge in [0.05, 0.1) is 23.1 Å². The van der Waals surface area contributed by atoms with Crippen molar-refractivity contribution in [1.29, 1.82) is 0 Å². The van der Waals surface area contributed by atoms with E-state index in [0.29, 0.717) is 11.2 Å². The Hall–Kier alpha value is -2.70. The number of allylic oxidation sites excluding steroid dienone is 2. The van der Waals surface area contributed by atoms with Gasteiger partial charge in [-0.15, -0.1) is 0 Å². The molecular weight excluding hydrogens is 354 g/mol. The quantitative estimate of drug-likeness (QED) is 0.830. The maximum atomic E-state index is 13.0. The van der Waals surface area contributed by atoms with Crippen LogP contribution in [-0.2, 0) is 4.79 Å². The van der Waals surface area contributed by atoms with Gasteiger partial charge in [0.2, 0.25) is 5.91 Å². The Morgan fingerprint density at radius 3 is 2.64 bits per heavy atom. The molecule has 2 amide bonds. The van der Waals surface area contributed by atoms with Gasteiger partial charge >= 0.3 is 0 Å². The van der Waals surface area contributed by atoms with E-state index < -0.39 is 0 Å². The molecule has 7 nitrogen and oxygen atoms in total. The number of carbonyl (C=O) groups excluding carboxylic acids is 2. The summed E-state index contributed by atoms with van der Waals surface area (Å²) in [5.41, 5.74) is 2.98. The van der Waals surface area contributed by atoms with Crippen molar-refractivity contribution in [3.05, 3.63) is 35.3 Å². The molecule has 150 valence electrons. The number of nitrogens with one attached hydrogen (secondary N) is 2. The highest BCUT2D eigenvalue weighted by molar-refractivity contribution is 6.05. The number of carbonyl (C=O) groups is 2. The van der Waals surface area contributed by atoms with Crippen molar-refractivity contribution in [3.8, 4) is 0 Å². The second-order valence-corrected chi connectivity index (χ2v) is 8.18. The van der Waals surface area contributed by atoms with Crippen LogP contribution in [-0.4, -0.2) is 33.1 Å². The number of fused-ring (bicyclic) bond motifs is 1. The van der Waals surface area contributed by atoms with E-state index in [1.54, 1.807) is 6.20 Å². The van der Waals surface area contributed by atoms with Crippen LogP contribution in [0.15, 0.2) is 24.0 Å². The van der Waals surface area contributed by atoms with Crippen LogP contribution in [0.2, 0.25) is 0 Å². The molecule has 28 heavy (non-hydrogen) atoms. The van der Waals surface area contributed by atoms with Crippen LogP contribution in [0.3, 0.4) is 0 Å². The van der Waals surface area contributed by atoms with Crippen LogP contribution < -0.4 is 10.6 Å². The molecule has 3 rings (SSSR count). The molecule has 3 heterocycles. The fourth-order valence-corrected chi connectivity index (χ4v) is 3.55. The van der Waals surface area contributed by atoms with Crippen molar-refractivity contribution in [2.75, 3.05) is 6.54 Å². The van der Waals surface area contributed by atoms with Gasteiger partial charge in [-0.25, -0.2) is 9.67 Å². The lowest BCUT2D eigenvalue weighted by Gasteiger charge is -2.26. The van der Waals surface area contributed by atoms with E-state index in [4.69, 9.17) is 4.98 Å². The molecule has 0 saturated heterocycles. The summed E-state index contributed by atoms with van der Waals surface area (Å²) >= 11 is 0. The smallest absolute Gasteiger partial charge is 0.252 e. The van der Waals surface area contributed by atoms with Crippen molar-refractivity contribution >= 4 is 22.8 Å². The third-order valence-corrected chi connectivity index (χ3v) is 5.20. The molecule has 1 aliphatic rings. The molecule has 2 atom stereocenters. The SMILES string of the molecule is CC1=CC(C)C(CNC(=O)c2cc(C(C)C)nc3c2cnn3C(C)C)C(=O)N1. The zero-order valence-electron chi connectivity index (χ0n) is 17.4. The molecule has 7 heteroatoms. The second-order valence-electron chi connectivity index (χ2n) is 8.18. The molecule has 0 saturated carbocycles. The van der Waals surface area contributed by atoms with Crippen molar-refractivity contribution in [2.24, 2.45) is 11.8 Å². The fraction of sp³-hybridized carbons (Fsp3) is 0.524. The monoisotopic (exact) mass is 383 g/mol. The second kappa shape index (κ2) is 7.73. The highest BCUT2D eigenvalue weighted by atomic mass is 16.2. The predicted octanol–water partition coefficient (Wildman–Crippen LogP) is 3.15. The lowest BCUT2D eigenvalue weighted by atomic mass is 9.89. The molecular formula is C21H29N5O2. The van der Waals surface area contributed by atoms with Gasteiger partial charge in [0.25, 0.3) is 5.91 Å². The maximum absolute atomic E-state index is 13.0. The highest BCUT2D eigenvalue weighted by Gasteiger charge is 2.28. The van der Waals surface area contributed by atoms with Crippen LogP contribution in [0, 0.1) is 11.8 Å². The van der Waals surface area contributed by atoms with Crippen LogP contribution >= 0.6 is 0 Å². The van der Waals surface area contributed by atoms with Gasteiger partial charge in [-0.3, -0.25) is 9.59 Å². The first-order valence-corrected chi connectivity index (χ1v) is 9.84. The molecule has 0 aliphatic carbocycles. The summed E-state index contributed by atoms with van der Waals surface area (Å²) in [6, 6.07) is 1.98. The standard InChI is InChI=1S/C21H29N5O2/c1-11(2)18-8-15(17-10-23-26(12(3)4)19(17)25-18)20(27)22-9-16-13(5)7-14(6)24-21(16)28/h7-8,10-13,16H,9H2,1-6H3,(H,22,27)(H,24,28). The molecule has 2 unspecified atom stereocenters. The lowest BCUT2D eigenvalue weighted by molar-refractivity contribution is -0.125. The summed E-state index contributed by atoms with van der Waals surface area (Å²) in [6.07, 6.45) is 3.72. The van der Waals surface area contributed by atoms with Crippen LogP contribution in [0.5, 0.6) is 0 Å². The molecule has 1 aliphatic heterocycles. The van der Waals surface area contributed by atoms with Gasteiger partial charge in [0, 0.05) is 24.0 Å². The van der Waals surface area contributed by atoms with Crippen molar-refractivity contribution < 1.29 is 9.59 Å². The Morgan fingerprint density at radius 2 is 2.04 bits per heavy atom. The number of hydrogen-bond acceptors (Lipinski definition) is 4. The molecule has 0 bridgehead atoms. The molecule has 2 N–H and O–H groups in total. The van der Waals surface area contributed by atoms with Gasteiger partial charge in [-0.05, 0) is 38.7 Å². The summed E-state index contributed by atoms with van der Waals surface area (Å²) in [6.45, 7) is 12.3. The fourth-order valence-electron chi connectivity index (χ4n) is 3.55. The zero-order valence-corrected chi connectivity index (χ0v) is 17.4. The largest absolute Gasteiger partial charge is 0.351 e. The van der Waals surface area contributed by atoms with E-state index in [0.717, 1.165) is 16.8 Å². The van der Waals surface area contributed by atoms with Crippen molar-refractivity contribution in [1.82, 2.24) is 25.4 Å². The first-order valence-electron chi connectivity index (χ1n) is 9.84. The van der Waals surface area contributed by atoms with Crippen LogP contribution in [0.4, 0.5) is 0 Å². The maximum Gasteiger partial charge on any atom is 0.252 e. The predicted molar refractivity (Wildman–Crippen MR) is 109 cm³/mol. The summed E-state index contributed by atoms with van der Waals surface area (Å²) < 4.78 is 1.84. The first-order chi connectivity index (χ1) is 13.2. The molecule has 2 aromatic heterocycles. The summed E-state index contributed by atoms with van der Waals surface area (Å²) in [5.74, 6) is -0.287. The van der Waals surface area contributed by atoms with E-state index in [1.807, 2.05) is 44.5 Å². The van der Waals surface area contributed by atoms with E-state index in [9.17, 15) is 9.59 Å². The van der Waals surface area contributed by atoms with Crippen molar-refractivity contribution in [3.63, 3.8) is 0 Å². The van der Waals surface area contributed by atoms with Gasteiger partial charge in [0.1, 0.15) is 0 Å². The third kappa shape index (κ3) is 3.79. The van der Waals surface area contributed by atoms with E-state index in [1.165, 1.54) is 0 Å². The number of rotatable bonds is 5. The number of hydrogen-bond donors (Lipinski definition) is 2. The van der Waals surface area contributed by atoms with Gasteiger partial charge in [-0.2, -0.15) is 5.10 Å². The minimum Gasteiger partial charge on any atom is -0.351 e. The Morgan fingerprint density at radius 1 is 1.32 bits per heavy atom. The number of nitrogens with zero attached hydrogens (tertiary/aromatic N) is 3. The summed E-state index contributed by atoms with van der Waals surface area (Å²) in [7, 11) is 0. The summed E-state index contributed by atoms with van der Waals surface area (Å²) in [5, 5.41) is 10.9. The van der Waals surface area contributed by atoms with Crippen LogP contribution in [0.25, 0.3) is 11.0 Å². The van der Waals surface area contributed by atoms with Gasteiger partial charge in [-0.1, -0.05) is 26.8 Å². The number of aromatic nitrogens is 3. The normalized spacial score (nSPS) is 19.9. The molecule has 0 spiro atoms. The van der Waals surface area contributed by atoms with E-state index in [2.05, 4.69) is 29.6 Å². The zero-order chi connectivity index (χ0) is 20.6. The Labute approximate surface area is 165 Å². The van der Waals surface area contributed by atoms with Gasteiger partial charge in [0.15, 0.2) is 5.65 Å². The lowest BCUT2D eigenvalue weighted by Crippen LogP contribution is -2.43. The third-order valence-electron chi connectivity index (χ3n) is 5.20. The topological polar surface area (TPSA) is 88.9 Å². The Bertz CT molecular complexity index is 942. The van der Waals surface area contributed by atoms with E-state index in [-0.39, 0.29) is 42.2 Å². The van der Waals surface area contributed by atoms with E-state index >= 15 is 0 Å². The van der Waals surface area contributed by atoms with Crippen molar-refractivity contribution in [2.45, 2.75) is 53.5 Å². The number of pyridine rings is 1. The molecule has 0 aromatic carbocycles. The average molecular weight is 383 g/mol. The number of amides is 2. The highest BCUT2D eigenvalue weighted by Crippen LogP contribution is 2.25. The Balaban J connectivity index is 1.90. The molecule has 0 radical (unpaired) electrons. The molecule has 0 fully saturated rings. The minimum atomic E-state index is -0.284. The van der Waals surface area contributed by atoms with Gasteiger partial charge < -0.3 is 10.6 Å². The molecule has 2 aromatic rings.